The monoisotopic (exact) mass is 275 g/mol. The van der Waals surface area contributed by atoms with Gasteiger partial charge in [-0.2, -0.15) is 0 Å². The van der Waals surface area contributed by atoms with E-state index in [1.54, 1.807) is 6.07 Å². The zero-order valence-corrected chi connectivity index (χ0v) is 11.4. The molecular formula is C14H17N3O3. The number of hydrogen-bond donors (Lipinski definition) is 3. The topological polar surface area (TPSA) is 101 Å². The average Bonchev–Trinajstić information content (AvgIpc) is 2.37. The van der Waals surface area contributed by atoms with E-state index in [4.69, 9.17) is 5.73 Å². The number of piperidine rings is 1. The zero-order valence-electron chi connectivity index (χ0n) is 11.4. The number of nitrogens with one attached hydrogen (secondary N) is 2. The van der Waals surface area contributed by atoms with Crippen molar-refractivity contribution in [1.82, 2.24) is 10.6 Å². The summed E-state index contributed by atoms with van der Waals surface area (Å²) in [5, 5.41) is 4.84. The van der Waals surface area contributed by atoms with Crippen LogP contribution in [0.2, 0.25) is 0 Å². The lowest BCUT2D eigenvalue weighted by molar-refractivity contribution is -0.134. The van der Waals surface area contributed by atoms with Crippen molar-refractivity contribution in [1.29, 1.82) is 0 Å². The molecule has 2 rings (SSSR count). The summed E-state index contributed by atoms with van der Waals surface area (Å²) in [6, 6.07) is 2.75. The Morgan fingerprint density at radius 3 is 2.65 bits per heavy atom. The maximum absolute atomic E-state index is 12.2. The van der Waals surface area contributed by atoms with E-state index in [0.717, 1.165) is 11.1 Å². The van der Waals surface area contributed by atoms with Crippen LogP contribution in [0.4, 0.5) is 5.69 Å². The Labute approximate surface area is 116 Å². The molecule has 0 spiro atoms. The van der Waals surface area contributed by atoms with Crippen LogP contribution in [-0.4, -0.2) is 23.8 Å². The second-order valence-electron chi connectivity index (χ2n) is 5.00. The molecule has 6 heteroatoms. The van der Waals surface area contributed by atoms with Crippen LogP contribution < -0.4 is 16.4 Å². The highest BCUT2D eigenvalue weighted by Gasteiger charge is 2.28. The number of anilines is 1. The predicted molar refractivity (Wildman–Crippen MR) is 74.0 cm³/mol. The van der Waals surface area contributed by atoms with E-state index in [2.05, 4.69) is 10.6 Å². The van der Waals surface area contributed by atoms with Gasteiger partial charge in [0, 0.05) is 17.7 Å². The minimum Gasteiger partial charge on any atom is -0.398 e. The van der Waals surface area contributed by atoms with Crippen molar-refractivity contribution in [2.24, 2.45) is 0 Å². The highest BCUT2D eigenvalue weighted by molar-refractivity contribution is 6.04. The molecular weight excluding hydrogens is 258 g/mol. The van der Waals surface area contributed by atoms with Crippen LogP contribution >= 0.6 is 0 Å². The van der Waals surface area contributed by atoms with Gasteiger partial charge in [-0.3, -0.25) is 19.7 Å². The van der Waals surface area contributed by atoms with E-state index in [1.165, 1.54) is 0 Å². The molecule has 1 fully saturated rings. The fourth-order valence-corrected chi connectivity index (χ4v) is 2.18. The summed E-state index contributed by atoms with van der Waals surface area (Å²) in [4.78, 5) is 34.8. The van der Waals surface area contributed by atoms with Crippen LogP contribution in [0.25, 0.3) is 0 Å². The molecule has 1 aliphatic heterocycles. The minimum absolute atomic E-state index is 0.228. The molecule has 3 amide bonds. The van der Waals surface area contributed by atoms with Crippen molar-refractivity contribution in [3.05, 3.63) is 28.8 Å². The normalized spacial score (nSPS) is 18.6. The Kier molecular flexibility index (Phi) is 3.74. The smallest absolute Gasteiger partial charge is 0.252 e. The van der Waals surface area contributed by atoms with Gasteiger partial charge < -0.3 is 11.1 Å². The Morgan fingerprint density at radius 1 is 1.30 bits per heavy atom. The van der Waals surface area contributed by atoms with Gasteiger partial charge in [0.1, 0.15) is 6.04 Å². The minimum atomic E-state index is -0.679. The van der Waals surface area contributed by atoms with E-state index in [0.29, 0.717) is 17.7 Å². The lowest BCUT2D eigenvalue weighted by atomic mass is 10.0. The average molecular weight is 275 g/mol. The van der Waals surface area contributed by atoms with Crippen molar-refractivity contribution >= 4 is 23.4 Å². The molecule has 0 aromatic heterocycles. The van der Waals surface area contributed by atoms with Gasteiger partial charge in [-0.1, -0.05) is 6.07 Å². The highest BCUT2D eigenvalue weighted by Crippen LogP contribution is 2.18. The summed E-state index contributed by atoms with van der Waals surface area (Å²) in [5.41, 5.74) is 8.47. The number of hydrogen-bond acceptors (Lipinski definition) is 4. The van der Waals surface area contributed by atoms with Crippen molar-refractivity contribution in [2.75, 3.05) is 5.73 Å². The number of amides is 3. The van der Waals surface area contributed by atoms with Gasteiger partial charge in [0.15, 0.2) is 0 Å². The fraction of sp³-hybridized carbons (Fsp3) is 0.357. The quantitative estimate of drug-likeness (QED) is 0.538. The first-order valence-electron chi connectivity index (χ1n) is 6.39. The standard InChI is InChI=1S/C14H17N3O3/c1-7-5-8(2)10(15)6-9(7)13(19)16-11-3-4-12(18)17-14(11)20/h5-6,11H,3-4,15H2,1-2H3,(H,16,19)(H,17,18,20). The van der Waals surface area contributed by atoms with E-state index >= 15 is 0 Å². The molecule has 20 heavy (non-hydrogen) atoms. The first-order chi connectivity index (χ1) is 9.38. The highest BCUT2D eigenvalue weighted by atomic mass is 16.2. The summed E-state index contributed by atoms with van der Waals surface area (Å²) >= 11 is 0. The number of benzene rings is 1. The Balaban J connectivity index is 2.14. The number of aryl methyl sites for hydroxylation is 2. The Morgan fingerprint density at radius 2 is 2.00 bits per heavy atom. The number of carbonyl (C=O) groups excluding carboxylic acids is 3. The molecule has 1 atom stereocenters. The molecule has 1 aromatic carbocycles. The second kappa shape index (κ2) is 5.32. The molecule has 1 saturated heterocycles. The molecule has 0 saturated carbocycles. The third kappa shape index (κ3) is 2.79. The van der Waals surface area contributed by atoms with Crippen LogP contribution in [0.1, 0.15) is 34.3 Å². The SMILES string of the molecule is Cc1cc(C)c(C(=O)NC2CCC(=O)NC2=O)cc1N. The van der Waals surface area contributed by atoms with Gasteiger partial charge in [-0.05, 0) is 37.5 Å². The maximum atomic E-state index is 12.2. The Bertz CT molecular complexity index is 596. The number of nitrogen functional groups attached to an aromatic ring is 1. The molecule has 4 N–H and O–H groups in total. The Hall–Kier alpha value is -2.37. The molecule has 6 nitrogen and oxygen atoms in total. The van der Waals surface area contributed by atoms with Crippen molar-refractivity contribution < 1.29 is 14.4 Å². The fourth-order valence-electron chi connectivity index (χ4n) is 2.18. The van der Waals surface area contributed by atoms with Crippen LogP contribution in [-0.2, 0) is 9.59 Å². The van der Waals surface area contributed by atoms with Crippen LogP contribution in [0.5, 0.6) is 0 Å². The third-order valence-corrected chi connectivity index (χ3v) is 3.40. The zero-order chi connectivity index (χ0) is 14.9. The second-order valence-corrected chi connectivity index (χ2v) is 5.00. The molecule has 1 aliphatic rings. The van der Waals surface area contributed by atoms with Crippen LogP contribution in [0, 0.1) is 13.8 Å². The molecule has 0 aliphatic carbocycles. The van der Waals surface area contributed by atoms with Gasteiger partial charge in [0.05, 0.1) is 0 Å². The van der Waals surface area contributed by atoms with Gasteiger partial charge in [-0.25, -0.2) is 0 Å². The van der Waals surface area contributed by atoms with E-state index in [-0.39, 0.29) is 18.2 Å². The molecule has 0 bridgehead atoms. The predicted octanol–water partition coefficient (Wildman–Crippen LogP) is 0.421. The molecule has 0 radical (unpaired) electrons. The molecule has 1 unspecified atom stereocenters. The summed E-state index contributed by atoms with van der Waals surface area (Å²) in [5.74, 6) is -1.13. The maximum Gasteiger partial charge on any atom is 0.252 e. The van der Waals surface area contributed by atoms with Crippen LogP contribution in [0.15, 0.2) is 12.1 Å². The van der Waals surface area contributed by atoms with Gasteiger partial charge in [0.25, 0.3) is 5.91 Å². The number of rotatable bonds is 2. The third-order valence-electron chi connectivity index (χ3n) is 3.40. The molecule has 1 aromatic rings. The van der Waals surface area contributed by atoms with Crippen molar-refractivity contribution in [2.45, 2.75) is 32.7 Å². The molecule has 106 valence electrons. The van der Waals surface area contributed by atoms with Crippen molar-refractivity contribution in [3.63, 3.8) is 0 Å². The largest absolute Gasteiger partial charge is 0.398 e. The van der Waals surface area contributed by atoms with Gasteiger partial charge >= 0.3 is 0 Å². The van der Waals surface area contributed by atoms with E-state index in [1.807, 2.05) is 19.9 Å². The van der Waals surface area contributed by atoms with Crippen molar-refractivity contribution in [3.8, 4) is 0 Å². The summed E-state index contributed by atoms with van der Waals surface area (Å²) in [6.07, 6.45) is 0.544. The van der Waals surface area contributed by atoms with Gasteiger partial charge in [0.2, 0.25) is 11.8 Å². The first-order valence-corrected chi connectivity index (χ1v) is 6.39. The lowest BCUT2D eigenvalue weighted by Gasteiger charge is -2.22. The number of carbonyl (C=O) groups is 3. The summed E-state index contributed by atoms with van der Waals surface area (Å²) in [7, 11) is 0. The number of nitrogens with two attached hydrogens (primary N) is 1. The molecule has 1 heterocycles. The summed E-state index contributed by atoms with van der Waals surface area (Å²) < 4.78 is 0. The van der Waals surface area contributed by atoms with Crippen LogP contribution in [0.3, 0.4) is 0 Å². The van der Waals surface area contributed by atoms with Gasteiger partial charge in [-0.15, -0.1) is 0 Å². The van der Waals surface area contributed by atoms with E-state index < -0.39 is 11.9 Å². The lowest BCUT2D eigenvalue weighted by Crippen LogP contribution is -2.52. The van der Waals surface area contributed by atoms with E-state index in [9.17, 15) is 14.4 Å². The summed E-state index contributed by atoms with van der Waals surface area (Å²) in [6.45, 7) is 3.68. The number of imide groups is 1. The first kappa shape index (κ1) is 14.0.